The predicted molar refractivity (Wildman–Crippen MR) is 288 cm³/mol. The monoisotopic (exact) mass is 935 g/mol. The molecular weight excluding hydrogens is 829 g/mol. The molecule has 386 valence electrons. The molecule has 67 heavy (non-hydrogen) atoms. The summed E-state index contributed by atoms with van der Waals surface area (Å²) in [6.45, 7) is 6.49. The van der Waals surface area contributed by atoms with E-state index < -0.39 is 6.10 Å². The fourth-order valence-electron chi connectivity index (χ4n) is 7.91. The minimum Gasteiger partial charge on any atom is -0.462 e. The van der Waals surface area contributed by atoms with Gasteiger partial charge < -0.3 is 14.2 Å². The summed E-state index contributed by atoms with van der Waals surface area (Å²) < 4.78 is 16.8. The molecule has 0 aliphatic carbocycles. The zero-order chi connectivity index (χ0) is 48.6. The van der Waals surface area contributed by atoms with Crippen molar-refractivity contribution in [2.45, 2.75) is 284 Å². The van der Waals surface area contributed by atoms with Crippen molar-refractivity contribution in [3.8, 4) is 0 Å². The number of hydrogen-bond acceptors (Lipinski definition) is 6. The van der Waals surface area contributed by atoms with Crippen LogP contribution < -0.4 is 0 Å². The molecule has 0 aromatic carbocycles. The Labute approximate surface area is 414 Å². The Morgan fingerprint density at radius 3 is 1.03 bits per heavy atom. The number of carbonyl (C=O) groups excluding carboxylic acids is 3. The molecule has 0 saturated carbocycles. The molecule has 0 fully saturated rings. The van der Waals surface area contributed by atoms with Crippen LogP contribution in [-0.2, 0) is 28.6 Å². The molecule has 0 heterocycles. The highest BCUT2D eigenvalue weighted by molar-refractivity contribution is 5.71. The minimum atomic E-state index is -0.800. The van der Waals surface area contributed by atoms with Crippen LogP contribution in [0.25, 0.3) is 0 Å². The number of rotatable bonds is 51. The Bertz CT molecular complexity index is 1260. The highest BCUT2D eigenvalue weighted by Crippen LogP contribution is 2.15. The Morgan fingerprint density at radius 1 is 0.328 bits per heavy atom. The topological polar surface area (TPSA) is 78.9 Å². The third-order valence-electron chi connectivity index (χ3n) is 12.2. The van der Waals surface area contributed by atoms with Crippen molar-refractivity contribution in [1.82, 2.24) is 0 Å². The zero-order valence-corrected chi connectivity index (χ0v) is 44.2. The van der Waals surface area contributed by atoms with Crippen molar-refractivity contribution in [2.24, 2.45) is 0 Å². The molecular formula is C61H106O6. The smallest absolute Gasteiger partial charge is 0.306 e. The highest BCUT2D eigenvalue weighted by Gasteiger charge is 2.19. The molecule has 1 atom stereocenters. The second kappa shape index (κ2) is 55.4. The van der Waals surface area contributed by atoms with Gasteiger partial charge in [-0.15, -0.1) is 0 Å². The van der Waals surface area contributed by atoms with Crippen molar-refractivity contribution >= 4 is 17.9 Å². The van der Waals surface area contributed by atoms with Gasteiger partial charge in [-0.25, -0.2) is 0 Å². The molecule has 0 bridgehead atoms. The van der Waals surface area contributed by atoms with Gasteiger partial charge in [0.05, 0.1) is 0 Å². The molecule has 0 aromatic rings. The van der Waals surface area contributed by atoms with Gasteiger partial charge in [0.2, 0.25) is 0 Å². The second-order valence-corrected chi connectivity index (χ2v) is 18.8. The zero-order valence-electron chi connectivity index (χ0n) is 44.2. The van der Waals surface area contributed by atoms with E-state index in [0.29, 0.717) is 19.3 Å². The summed E-state index contributed by atoms with van der Waals surface area (Å²) >= 11 is 0. The summed E-state index contributed by atoms with van der Waals surface area (Å²) in [5.41, 5.74) is 0. The molecule has 6 nitrogen and oxygen atoms in total. The molecule has 0 aliphatic rings. The Morgan fingerprint density at radius 2 is 0.627 bits per heavy atom. The van der Waals surface area contributed by atoms with Crippen LogP contribution in [0.4, 0.5) is 0 Å². The number of unbranched alkanes of at least 4 members (excludes halogenated alkanes) is 29. The molecule has 0 aromatic heterocycles. The van der Waals surface area contributed by atoms with Crippen LogP contribution >= 0.6 is 0 Å². The van der Waals surface area contributed by atoms with Crippen LogP contribution in [0, 0.1) is 0 Å². The lowest BCUT2D eigenvalue weighted by atomic mass is 10.1. The lowest BCUT2D eigenvalue weighted by Gasteiger charge is -2.18. The van der Waals surface area contributed by atoms with Gasteiger partial charge in [-0.1, -0.05) is 229 Å². The minimum absolute atomic E-state index is 0.0953. The van der Waals surface area contributed by atoms with E-state index >= 15 is 0 Å². The summed E-state index contributed by atoms with van der Waals surface area (Å²) in [5, 5.41) is 0. The second-order valence-electron chi connectivity index (χ2n) is 18.8. The first-order chi connectivity index (χ1) is 33.0. The normalized spacial score (nSPS) is 12.6. The quantitative estimate of drug-likeness (QED) is 0.0199. The van der Waals surface area contributed by atoms with Gasteiger partial charge in [-0.3, -0.25) is 14.4 Å². The van der Waals surface area contributed by atoms with Crippen molar-refractivity contribution in [3.63, 3.8) is 0 Å². The molecule has 0 aliphatic heterocycles. The van der Waals surface area contributed by atoms with Gasteiger partial charge in [0.25, 0.3) is 0 Å². The van der Waals surface area contributed by atoms with Crippen molar-refractivity contribution in [2.75, 3.05) is 13.2 Å². The van der Waals surface area contributed by atoms with E-state index in [1.807, 2.05) is 0 Å². The molecule has 1 unspecified atom stereocenters. The first kappa shape index (κ1) is 63.8. The van der Waals surface area contributed by atoms with Gasteiger partial charge in [0.1, 0.15) is 13.2 Å². The number of esters is 3. The van der Waals surface area contributed by atoms with Crippen LogP contribution in [0.1, 0.15) is 278 Å². The van der Waals surface area contributed by atoms with Gasteiger partial charge >= 0.3 is 17.9 Å². The van der Waals surface area contributed by atoms with Crippen LogP contribution in [0.15, 0.2) is 72.9 Å². The molecule has 0 rings (SSSR count). The predicted octanol–water partition coefficient (Wildman–Crippen LogP) is 19.0. The highest BCUT2D eigenvalue weighted by atomic mass is 16.6. The van der Waals surface area contributed by atoms with Crippen LogP contribution in [0.5, 0.6) is 0 Å². The lowest BCUT2D eigenvalue weighted by Crippen LogP contribution is -2.30. The van der Waals surface area contributed by atoms with E-state index in [-0.39, 0.29) is 31.1 Å². The summed E-state index contributed by atoms with van der Waals surface area (Å²) in [5.74, 6) is -0.943. The van der Waals surface area contributed by atoms with Crippen molar-refractivity contribution in [1.29, 1.82) is 0 Å². The van der Waals surface area contributed by atoms with Crippen molar-refractivity contribution in [3.05, 3.63) is 72.9 Å². The van der Waals surface area contributed by atoms with E-state index in [9.17, 15) is 14.4 Å². The number of carbonyl (C=O) groups is 3. The van der Waals surface area contributed by atoms with E-state index in [1.165, 1.54) is 135 Å². The first-order valence-electron chi connectivity index (χ1n) is 28.5. The molecule has 0 radical (unpaired) electrons. The lowest BCUT2D eigenvalue weighted by molar-refractivity contribution is -0.167. The third-order valence-corrected chi connectivity index (χ3v) is 12.2. The number of allylic oxidation sites excluding steroid dienone is 12. The van der Waals surface area contributed by atoms with Gasteiger partial charge in [-0.2, -0.15) is 0 Å². The number of ether oxygens (including phenoxy) is 3. The fraction of sp³-hybridized carbons (Fsp3) is 0.754. The molecule has 0 saturated heterocycles. The third kappa shape index (κ3) is 53.7. The standard InChI is InChI=1S/C61H106O6/c1-4-7-10-13-16-19-22-25-28-30-31-32-34-36-39-42-45-48-51-54-60(63)66-57-58(56-65-59(62)53-50-47-44-41-38-35-27-24-21-18-15-12-9-6-3)67-61(64)55-52-49-46-43-40-37-33-29-26-23-20-17-14-11-8-5-2/h9,12,18,21,27,29-31,33,35,37,40,58H,4-8,10-11,13-17,19-20,22-26,28,32,34,36,38-39,41-57H2,1-3H3/b12-9-,21-18-,31-30-,33-29-,35-27-,40-37-. The molecule has 6 heteroatoms. The summed E-state index contributed by atoms with van der Waals surface area (Å²) in [4.78, 5) is 38.1. The molecule has 0 spiro atoms. The van der Waals surface area contributed by atoms with Crippen LogP contribution in [0.3, 0.4) is 0 Å². The van der Waals surface area contributed by atoms with E-state index in [0.717, 1.165) is 103 Å². The van der Waals surface area contributed by atoms with Crippen LogP contribution in [0.2, 0.25) is 0 Å². The average molecular weight is 936 g/mol. The van der Waals surface area contributed by atoms with Crippen molar-refractivity contribution < 1.29 is 28.6 Å². The SMILES string of the molecule is CC/C=C\C/C=C\C/C=C\CCCCCCC(=O)OCC(COC(=O)CCCCCCCCC/C=C\CCCCCCCCCC)OC(=O)CCCCC/C=C\C=C/CCCCCCCCC. The summed E-state index contributed by atoms with van der Waals surface area (Å²) in [6.07, 6.45) is 70.4. The summed E-state index contributed by atoms with van der Waals surface area (Å²) in [6, 6.07) is 0. The first-order valence-corrected chi connectivity index (χ1v) is 28.5. The maximum absolute atomic E-state index is 12.8. The largest absolute Gasteiger partial charge is 0.462 e. The van der Waals surface area contributed by atoms with E-state index in [1.54, 1.807) is 0 Å². The van der Waals surface area contributed by atoms with Crippen LogP contribution in [-0.4, -0.2) is 37.2 Å². The fourth-order valence-corrected chi connectivity index (χ4v) is 7.91. The van der Waals surface area contributed by atoms with E-state index in [4.69, 9.17) is 14.2 Å². The Kier molecular flexibility index (Phi) is 52.8. The maximum atomic E-state index is 12.8. The summed E-state index contributed by atoms with van der Waals surface area (Å²) in [7, 11) is 0. The molecule has 0 N–H and O–H groups in total. The van der Waals surface area contributed by atoms with Gasteiger partial charge in [0, 0.05) is 19.3 Å². The van der Waals surface area contributed by atoms with Gasteiger partial charge in [0.15, 0.2) is 6.10 Å². The molecule has 0 amide bonds. The Balaban J connectivity index is 4.43. The Hall–Kier alpha value is -3.15. The average Bonchev–Trinajstić information content (AvgIpc) is 3.33. The van der Waals surface area contributed by atoms with E-state index in [2.05, 4.69) is 93.7 Å². The van der Waals surface area contributed by atoms with Gasteiger partial charge in [-0.05, 0) is 103 Å². The maximum Gasteiger partial charge on any atom is 0.306 e. The number of hydrogen-bond donors (Lipinski definition) is 0.